The number of hydrogen-bond donors (Lipinski definition) is 2. The van der Waals surface area contributed by atoms with Gasteiger partial charge in [0.2, 0.25) is 5.91 Å². The summed E-state index contributed by atoms with van der Waals surface area (Å²) in [6.07, 6.45) is 0. The van der Waals surface area contributed by atoms with E-state index in [1.807, 2.05) is 11.5 Å². The van der Waals surface area contributed by atoms with Crippen molar-refractivity contribution in [2.45, 2.75) is 34.2 Å². The zero-order valence-electron chi connectivity index (χ0n) is 10.6. The summed E-state index contributed by atoms with van der Waals surface area (Å²) < 4.78 is 1.93. The van der Waals surface area contributed by atoms with E-state index in [9.17, 15) is 9.59 Å². The van der Waals surface area contributed by atoms with E-state index in [2.05, 4.69) is 5.32 Å². The summed E-state index contributed by atoms with van der Waals surface area (Å²) in [5, 5.41) is 11.8. The van der Waals surface area contributed by atoms with Crippen molar-refractivity contribution in [2.24, 2.45) is 0 Å². The van der Waals surface area contributed by atoms with Gasteiger partial charge in [-0.1, -0.05) is 0 Å². The molecule has 17 heavy (non-hydrogen) atoms. The van der Waals surface area contributed by atoms with Gasteiger partial charge in [0, 0.05) is 31.4 Å². The van der Waals surface area contributed by atoms with Crippen LogP contribution in [0.2, 0.25) is 0 Å². The summed E-state index contributed by atoms with van der Waals surface area (Å²) >= 11 is 0. The van der Waals surface area contributed by atoms with Crippen LogP contribution in [0.4, 0.5) is 0 Å². The van der Waals surface area contributed by atoms with Crippen LogP contribution in [-0.2, 0) is 11.3 Å². The lowest BCUT2D eigenvalue weighted by Crippen LogP contribution is -2.25. The van der Waals surface area contributed by atoms with Crippen LogP contribution in [-0.4, -0.2) is 28.1 Å². The molecule has 0 aliphatic rings. The highest BCUT2D eigenvalue weighted by atomic mass is 16.4. The van der Waals surface area contributed by atoms with Crippen molar-refractivity contribution in [3.05, 3.63) is 22.5 Å². The minimum Gasteiger partial charge on any atom is -0.478 e. The van der Waals surface area contributed by atoms with Gasteiger partial charge in [0.1, 0.15) is 0 Å². The molecule has 1 rings (SSSR count). The molecular weight excluding hydrogens is 220 g/mol. The lowest BCUT2D eigenvalue weighted by atomic mass is 10.1. The molecule has 0 aromatic carbocycles. The number of nitrogens with one attached hydrogen (secondary N) is 1. The van der Waals surface area contributed by atoms with Crippen LogP contribution in [0.1, 0.15) is 34.2 Å². The molecule has 94 valence electrons. The van der Waals surface area contributed by atoms with Crippen molar-refractivity contribution in [2.75, 3.05) is 6.54 Å². The molecule has 1 heterocycles. The third-order valence-corrected chi connectivity index (χ3v) is 3.01. The van der Waals surface area contributed by atoms with Crippen LogP contribution in [0, 0.1) is 20.8 Å². The second-order valence-electron chi connectivity index (χ2n) is 4.11. The van der Waals surface area contributed by atoms with Crippen LogP contribution in [0.3, 0.4) is 0 Å². The Morgan fingerprint density at radius 3 is 2.24 bits per heavy atom. The first-order valence-electron chi connectivity index (χ1n) is 5.50. The van der Waals surface area contributed by atoms with E-state index in [4.69, 9.17) is 5.11 Å². The maximum Gasteiger partial charge on any atom is 0.337 e. The molecule has 1 aromatic heterocycles. The van der Waals surface area contributed by atoms with Gasteiger partial charge >= 0.3 is 5.97 Å². The first kappa shape index (κ1) is 13.3. The SMILES string of the molecule is CC(=O)NCCn1c(C)c(C)c(C(=O)O)c1C. The molecule has 1 aromatic rings. The van der Waals surface area contributed by atoms with Gasteiger partial charge in [-0.3, -0.25) is 4.79 Å². The molecule has 0 saturated carbocycles. The van der Waals surface area contributed by atoms with Gasteiger partial charge in [0.05, 0.1) is 5.56 Å². The van der Waals surface area contributed by atoms with E-state index in [1.54, 1.807) is 13.8 Å². The summed E-state index contributed by atoms with van der Waals surface area (Å²) in [4.78, 5) is 21.9. The Morgan fingerprint density at radius 1 is 1.24 bits per heavy atom. The largest absolute Gasteiger partial charge is 0.478 e. The Bertz CT molecular complexity index is 461. The monoisotopic (exact) mass is 238 g/mol. The number of carbonyl (C=O) groups excluding carboxylic acids is 1. The summed E-state index contributed by atoms with van der Waals surface area (Å²) in [5.74, 6) is -0.982. The molecule has 0 saturated heterocycles. The molecular formula is C12H18N2O3. The summed E-state index contributed by atoms with van der Waals surface area (Å²) in [6, 6.07) is 0. The maximum atomic E-state index is 11.1. The molecule has 0 fully saturated rings. The second-order valence-corrected chi connectivity index (χ2v) is 4.11. The molecule has 1 amide bonds. The normalized spacial score (nSPS) is 10.4. The van der Waals surface area contributed by atoms with Gasteiger partial charge in [0.15, 0.2) is 0 Å². The van der Waals surface area contributed by atoms with Crippen molar-refractivity contribution < 1.29 is 14.7 Å². The maximum absolute atomic E-state index is 11.1. The number of carboxylic acids is 1. The summed E-state index contributed by atoms with van der Waals surface area (Å²) in [6.45, 7) is 8.04. The zero-order valence-corrected chi connectivity index (χ0v) is 10.6. The van der Waals surface area contributed by atoms with E-state index in [0.29, 0.717) is 18.7 Å². The standard InChI is InChI=1S/C12H18N2O3/c1-7-8(2)14(6-5-13-10(4)15)9(3)11(7)12(16)17/h5-6H2,1-4H3,(H,13,15)(H,16,17). The molecule has 0 bridgehead atoms. The van der Waals surface area contributed by atoms with Crippen LogP contribution < -0.4 is 5.32 Å². The van der Waals surface area contributed by atoms with Gasteiger partial charge in [-0.2, -0.15) is 0 Å². The predicted octanol–water partition coefficient (Wildman–Crippen LogP) is 1.25. The van der Waals surface area contributed by atoms with Gasteiger partial charge in [0.25, 0.3) is 0 Å². The molecule has 0 aliphatic heterocycles. The molecule has 5 heteroatoms. The van der Waals surface area contributed by atoms with Crippen molar-refractivity contribution >= 4 is 11.9 Å². The van der Waals surface area contributed by atoms with Crippen molar-refractivity contribution in [3.8, 4) is 0 Å². The van der Waals surface area contributed by atoms with Crippen molar-refractivity contribution in [3.63, 3.8) is 0 Å². The highest BCUT2D eigenvalue weighted by molar-refractivity contribution is 5.91. The highest BCUT2D eigenvalue weighted by Crippen LogP contribution is 2.21. The van der Waals surface area contributed by atoms with Gasteiger partial charge in [-0.25, -0.2) is 4.79 Å². The zero-order chi connectivity index (χ0) is 13.2. The fourth-order valence-corrected chi connectivity index (χ4v) is 2.04. The van der Waals surface area contributed by atoms with Gasteiger partial charge in [-0.15, -0.1) is 0 Å². The van der Waals surface area contributed by atoms with Crippen LogP contribution in [0.25, 0.3) is 0 Å². The minimum absolute atomic E-state index is 0.0809. The van der Waals surface area contributed by atoms with E-state index >= 15 is 0 Å². The Hall–Kier alpha value is -1.78. The van der Waals surface area contributed by atoms with Gasteiger partial charge in [-0.05, 0) is 26.3 Å². The molecule has 0 atom stereocenters. The molecule has 2 N–H and O–H groups in total. The summed E-state index contributed by atoms with van der Waals surface area (Å²) in [5.41, 5.74) is 2.83. The Kier molecular flexibility index (Phi) is 3.93. The third-order valence-electron chi connectivity index (χ3n) is 3.01. The number of carboxylic acid groups (broad SMARTS) is 1. The smallest absolute Gasteiger partial charge is 0.337 e. The first-order valence-corrected chi connectivity index (χ1v) is 5.50. The van der Waals surface area contributed by atoms with Gasteiger partial charge < -0.3 is 15.0 Å². The molecule has 0 spiro atoms. The third kappa shape index (κ3) is 2.67. The van der Waals surface area contributed by atoms with Crippen molar-refractivity contribution in [1.29, 1.82) is 0 Å². The summed E-state index contributed by atoms with van der Waals surface area (Å²) in [7, 11) is 0. The number of carbonyl (C=O) groups is 2. The molecule has 0 radical (unpaired) electrons. The van der Waals surface area contributed by atoms with Crippen LogP contribution in [0.5, 0.6) is 0 Å². The number of aromatic nitrogens is 1. The van der Waals surface area contributed by atoms with Crippen LogP contribution in [0.15, 0.2) is 0 Å². The second kappa shape index (κ2) is 5.03. The highest BCUT2D eigenvalue weighted by Gasteiger charge is 2.19. The topological polar surface area (TPSA) is 71.3 Å². The number of hydrogen-bond acceptors (Lipinski definition) is 2. The Labute approximate surface area is 100 Å². The van der Waals surface area contributed by atoms with E-state index in [0.717, 1.165) is 17.0 Å². The fourth-order valence-electron chi connectivity index (χ4n) is 2.04. The van der Waals surface area contributed by atoms with Crippen LogP contribution >= 0.6 is 0 Å². The average Bonchev–Trinajstić information content (AvgIpc) is 2.41. The van der Waals surface area contributed by atoms with E-state index in [1.165, 1.54) is 6.92 Å². The average molecular weight is 238 g/mol. The quantitative estimate of drug-likeness (QED) is 0.829. The first-order chi connectivity index (χ1) is 7.86. The lowest BCUT2D eigenvalue weighted by Gasteiger charge is -2.09. The van der Waals surface area contributed by atoms with E-state index in [-0.39, 0.29) is 5.91 Å². The predicted molar refractivity (Wildman–Crippen MR) is 64.3 cm³/mol. The fraction of sp³-hybridized carbons (Fsp3) is 0.500. The minimum atomic E-state index is -0.902. The Morgan fingerprint density at radius 2 is 1.82 bits per heavy atom. The number of nitrogens with zero attached hydrogens (tertiary/aromatic N) is 1. The lowest BCUT2D eigenvalue weighted by molar-refractivity contribution is -0.118. The van der Waals surface area contributed by atoms with E-state index < -0.39 is 5.97 Å². The van der Waals surface area contributed by atoms with Crippen molar-refractivity contribution in [1.82, 2.24) is 9.88 Å². The number of rotatable bonds is 4. The number of amides is 1. The molecule has 5 nitrogen and oxygen atoms in total. The molecule has 0 aliphatic carbocycles. The Balaban J connectivity index is 2.97. The number of aromatic carboxylic acids is 1. The molecule has 0 unspecified atom stereocenters.